The van der Waals surface area contributed by atoms with Crippen molar-refractivity contribution in [3.05, 3.63) is 11.1 Å². The SMILES string of the molecule is Nc1sc2c(c1N)C(N)(N)c1c-2sc(N)c1N. The Hall–Kier alpha value is -1.48. The first-order valence-electron chi connectivity index (χ1n) is 4.80. The van der Waals surface area contributed by atoms with Crippen molar-refractivity contribution in [1.29, 1.82) is 0 Å². The van der Waals surface area contributed by atoms with E-state index in [1.165, 1.54) is 22.7 Å². The van der Waals surface area contributed by atoms with Crippen molar-refractivity contribution in [2.75, 3.05) is 22.9 Å². The fraction of sp³-hybridized carbons (Fsp3) is 0.111. The molecule has 3 rings (SSSR count). The van der Waals surface area contributed by atoms with Crippen LogP contribution in [0.2, 0.25) is 0 Å². The van der Waals surface area contributed by atoms with Gasteiger partial charge in [0.15, 0.2) is 0 Å². The van der Waals surface area contributed by atoms with Gasteiger partial charge in [-0.15, -0.1) is 22.7 Å². The summed E-state index contributed by atoms with van der Waals surface area (Å²) in [6.45, 7) is 0. The molecule has 0 radical (unpaired) electrons. The molecular formula is C9H12N6S2. The zero-order valence-corrected chi connectivity index (χ0v) is 10.4. The van der Waals surface area contributed by atoms with Crippen molar-refractivity contribution in [2.24, 2.45) is 11.5 Å². The molecule has 0 aliphatic heterocycles. The molecule has 0 aromatic carbocycles. The van der Waals surface area contributed by atoms with Crippen molar-refractivity contribution >= 4 is 44.1 Å². The van der Waals surface area contributed by atoms with E-state index in [9.17, 15) is 0 Å². The molecule has 0 saturated carbocycles. The predicted molar refractivity (Wildman–Crippen MR) is 74.4 cm³/mol. The van der Waals surface area contributed by atoms with Crippen molar-refractivity contribution in [2.45, 2.75) is 5.66 Å². The Morgan fingerprint density at radius 2 is 1.06 bits per heavy atom. The van der Waals surface area contributed by atoms with Crippen LogP contribution in [-0.2, 0) is 5.66 Å². The van der Waals surface area contributed by atoms with Crippen LogP contribution in [0.4, 0.5) is 21.4 Å². The van der Waals surface area contributed by atoms with Crippen LogP contribution >= 0.6 is 22.7 Å². The predicted octanol–water partition coefficient (Wildman–Crippen LogP) is 0.237. The zero-order valence-electron chi connectivity index (χ0n) is 8.78. The number of hydrogen-bond donors (Lipinski definition) is 6. The standard InChI is InChI=1S/C9H12N6S2/c10-3-1-5(16-7(3)12)6-2(9(1,14)15)4(11)8(13)17-6/h10-15H2. The maximum absolute atomic E-state index is 6.15. The third kappa shape index (κ3) is 1.05. The molecule has 2 heterocycles. The second-order valence-electron chi connectivity index (χ2n) is 4.04. The maximum Gasteiger partial charge on any atom is 0.123 e. The van der Waals surface area contributed by atoms with E-state index >= 15 is 0 Å². The van der Waals surface area contributed by atoms with Gasteiger partial charge in [-0.1, -0.05) is 0 Å². The van der Waals surface area contributed by atoms with Crippen LogP contribution < -0.4 is 34.4 Å². The van der Waals surface area contributed by atoms with Crippen molar-refractivity contribution in [3.8, 4) is 9.75 Å². The fourth-order valence-corrected chi connectivity index (χ4v) is 4.45. The average Bonchev–Trinajstić information content (AvgIpc) is 2.75. The summed E-state index contributed by atoms with van der Waals surface area (Å²) in [6.07, 6.45) is 0. The Morgan fingerprint density at radius 3 is 1.41 bits per heavy atom. The summed E-state index contributed by atoms with van der Waals surface area (Å²) in [5.41, 5.74) is 36.7. The van der Waals surface area contributed by atoms with Gasteiger partial charge >= 0.3 is 0 Å². The molecule has 90 valence electrons. The first-order chi connectivity index (χ1) is 7.85. The topological polar surface area (TPSA) is 156 Å². The van der Waals surface area contributed by atoms with Crippen LogP contribution in [-0.4, -0.2) is 0 Å². The maximum atomic E-state index is 6.15. The molecule has 0 atom stereocenters. The highest BCUT2D eigenvalue weighted by molar-refractivity contribution is 7.27. The lowest BCUT2D eigenvalue weighted by Gasteiger charge is -2.21. The van der Waals surface area contributed by atoms with Gasteiger partial charge in [-0.25, -0.2) is 0 Å². The lowest BCUT2D eigenvalue weighted by Crippen LogP contribution is -2.45. The molecule has 8 heteroatoms. The van der Waals surface area contributed by atoms with Crippen LogP contribution in [0, 0.1) is 0 Å². The summed E-state index contributed by atoms with van der Waals surface area (Å²) in [5.74, 6) is 0. The Labute approximate surface area is 105 Å². The van der Waals surface area contributed by atoms with Crippen LogP contribution in [0.3, 0.4) is 0 Å². The van der Waals surface area contributed by atoms with Gasteiger partial charge in [0.05, 0.1) is 21.1 Å². The van der Waals surface area contributed by atoms with E-state index < -0.39 is 5.66 Å². The van der Waals surface area contributed by atoms with Crippen LogP contribution in [0.25, 0.3) is 9.75 Å². The van der Waals surface area contributed by atoms with Gasteiger partial charge in [0.2, 0.25) is 0 Å². The molecule has 1 aliphatic rings. The highest BCUT2D eigenvalue weighted by Crippen LogP contribution is 2.58. The molecule has 0 amide bonds. The quantitative estimate of drug-likeness (QED) is 0.376. The van der Waals surface area contributed by atoms with Crippen molar-refractivity contribution in [1.82, 2.24) is 0 Å². The molecule has 0 unspecified atom stereocenters. The summed E-state index contributed by atoms with van der Waals surface area (Å²) in [6, 6.07) is 0. The highest BCUT2D eigenvalue weighted by atomic mass is 32.1. The molecule has 12 N–H and O–H groups in total. The summed E-state index contributed by atoms with van der Waals surface area (Å²) in [4.78, 5) is 1.77. The van der Waals surface area contributed by atoms with Gasteiger partial charge in [-0.2, -0.15) is 0 Å². The number of rotatable bonds is 0. The summed E-state index contributed by atoms with van der Waals surface area (Å²) in [5, 5.41) is 1.04. The molecule has 0 spiro atoms. The number of nitrogens with two attached hydrogens (primary N) is 6. The van der Waals surface area contributed by atoms with E-state index in [0.29, 0.717) is 32.5 Å². The lowest BCUT2D eigenvalue weighted by atomic mass is 10.00. The minimum Gasteiger partial charge on any atom is -0.396 e. The number of anilines is 4. The van der Waals surface area contributed by atoms with Crippen molar-refractivity contribution < 1.29 is 0 Å². The molecule has 0 saturated heterocycles. The Morgan fingerprint density at radius 1 is 0.706 bits per heavy atom. The lowest BCUT2D eigenvalue weighted by molar-refractivity contribution is 0.590. The van der Waals surface area contributed by atoms with Gasteiger partial charge in [0, 0.05) is 11.1 Å². The summed E-state index contributed by atoms with van der Waals surface area (Å²) < 4.78 is 0. The monoisotopic (exact) mass is 268 g/mol. The van der Waals surface area contributed by atoms with E-state index in [2.05, 4.69) is 0 Å². The number of thiophene rings is 2. The molecular weight excluding hydrogens is 256 g/mol. The minimum absolute atomic E-state index is 0.441. The van der Waals surface area contributed by atoms with E-state index in [1.807, 2.05) is 0 Å². The molecule has 2 aromatic rings. The van der Waals surface area contributed by atoms with Gasteiger partial charge in [-0.05, 0) is 0 Å². The number of nitrogen functional groups attached to an aromatic ring is 4. The smallest absolute Gasteiger partial charge is 0.123 e. The average molecular weight is 268 g/mol. The highest BCUT2D eigenvalue weighted by Gasteiger charge is 2.44. The Kier molecular flexibility index (Phi) is 1.79. The summed E-state index contributed by atoms with van der Waals surface area (Å²) >= 11 is 2.73. The van der Waals surface area contributed by atoms with Crippen molar-refractivity contribution in [3.63, 3.8) is 0 Å². The molecule has 6 nitrogen and oxygen atoms in total. The van der Waals surface area contributed by atoms with Crippen LogP contribution in [0.1, 0.15) is 11.1 Å². The van der Waals surface area contributed by atoms with Gasteiger partial charge < -0.3 is 34.4 Å². The number of hydrogen-bond acceptors (Lipinski definition) is 8. The third-order valence-corrected chi connectivity index (χ3v) is 5.21. The first-order valence-corrected chi connectivity index (χ1v) is 6.43. The van der Waals surface area contributed by atoms with E-state index in [0.717, 1.165) is 9.75 Å². The molecule has 1 aliphatic carbocycles. The fourth-order valence-electron chi connectivity index (χ4n) is 2.19. The normalized spacial score (nSPS) is 15.9. The third-order valence-electron chi connectivity index (χ3n) is 2.98. The van der Waals surface area contributed by atoms with E-state index in [4.69, 9.17) is 34.4 Å². The minimum atomic E-state index is -1.21. The van der Waals surface area contributed by atoms with Gasteiger partial charge in [0.25, 0.3) is 0 Å². The molecule has 2 aromatic heterocycles. The molecule has 0 bridgehead atoms. The summed E-state index contributed by atoms with van der Waals surface area (Å²) in [7, 11) is 0. The Balaban J connectivity index is 2.44. The largest absolute Gasteiger partial charge is 0.396 e. The first kappa shape index (κ1) is 10.7. The van der Waals surface area contributed by atoms with Crippen LogP contribution in [0.5, 0.6) is 0 Å². The second-order valence-corrected chi connectivity index (χ2v) is 6.14. The van der Waals surface area contributed by atoms with Gasteiger partial charge in [-0.3, -0.25) is 0 Å². The number of fused-ring (bicyclic) bond motifs is 3. The van der Waals surface area contributed by atoms with Crippen LogP contribution in [0.15, 0.2) is 0 Å². The zero-order chi connectivity index (χ0) is 12.5. The van der Waals surface area contributed by atoms with E-state index in [1.54, 1.807) is 0 Å². The molecule has 17 heavy (non-hydrogen) atoms. The Bertz CT molecular complexity index is 584. The van der Waals surface area contributed by atoms with E-state index in [-0.39, 0.29) is 0 Å². The second kappa shape index (κ2) is 2.85. The van der Waals surface area contributed by atoms with Gasteiger partial charge in [0.1, 0.15) is 15.7 Å². The molecule has 0 fully saturated rings.